The van der Waals surface area contributed by atoms with Gasteiger partial charge in [-0.25, -0.2) is 4.79 Å². The van der Waals surface area contributed by atoms with Crippen LogP contribution in [0.5, 0.6) is 0 Å². The molecule has 0 unspecified atom stereocenters. The minimum absolute atomic E-state index is 0.00848. The van der Waals surface area contributed by atoms with Gasteiger partial charge in [-0.3, -0.25) is 4.79 Å². The topological polar surface area (TPSA) is 43.4 Å². The van der Waals surface area contributed by atoms with Crippen LogP contribution in [0.25, 0.3) is 16.7 Å². The largest absolute Gasteiger partial charge is 0.449 e. The van der Waals surface area contributed by atoms with E-state index in [1.165, 1.54) is 0 Å². The number of carbonyl (C=O) groups excluding carboxylic acids is 2. The molecule has 0 aromatic heterocycles. The third-order valence-corrected chi connectivity index (χ3v) is 4.88. The number of ketones is 1. The van der Waals surface area contributed by atoms with Crippen LogP contribution in [0.1, 0.15) is 16.7 Å². The fraction of sp³-hybridized carbons (Fsp3) is 0.0370. The summed E-state index contributed by atoms with van der Waals surface area (Å²) in [6.45, 7) is -0.195. The quantitative estimate of drug-likeness (QED) is 0.357. The first-order valence-electron chi connectivity index (χ1n) is 9.53. The lowest BCUT2D eigenvalue weighted by Gasteiger charge is -2.13. The highest BCUT2D eigenvalue weighted by Gasteiger charge is 2.38. The highest BCUT2D eigenvalue weighted by molar-refractivity contribution is 6.53. The number of rotatable bonds is 5. The summed E-state index contributed by atoms with van der Waals surface area (Å²) in [7, 11) is 0. The van der Waals surface area contributed by atoms with Crippen LogP contribution in [0.3, 0.4) is 0 Å². The number of hydrogen-bond acceptors (Lipinski definition) is 3. The first kappa shape index (κ1) is 19.2. The number of terminal acetylenes is 1. The zero-order valence-electron chi connectivity index (χ0n) is 16.2. The maximum absolute atomic E-state index is 13.6. The number of hydrogen-bond donors (Lipinski definition) is 0. The number of Topliss-reactive ketones (excluding diaryl/α,β-unsaturated/α-hetero) is 1. The van der Waals surface area contributed by atoms with Crippen LogP contribution in [-0.2, 0) is 14.3 Å². The Balaban J connectivity index is 2.03. The Bertz CT molecular complexity index is 1200. The molecule has 3 aromatic carbocycles. The maximum Gasteiger partial charge on any atom is 0.343 e. The van der Waals surface area contributed by atoms with Crippen molar-refractivity contribution in [1.29, 1.82) is 0 Å². The Labute approximate surface area is 175 Å². The number of carbonyl (C=O) groups is 2. The van der Waals surface area contributed by atoms with Crippen molar-refractivity contribution in [2.24, 2.45) is 0 Å². The van der Waals surface area contributed by atoms with E-state index in [-0.39, 0.29) is 18.0 Å². The van der Waals surface area contributed by atoms with Crippen molar-refractivity contribution in [3.8, 4) is 12.3 Å². The Morgan fingerprint density at radius 3 is 1.60 bits per heavy atom. The fourth-order valence-corrected chi connectivity index (χ4v) is 3.64. The van der Waals surface area contributed by atoms with Crippen molar-refractivity contribution in [2.75, 3.05) is 6.61 Å². The average molecular weight is 390 g/mol. The van der Waals surface area contributed by atoms with Crippen LogP contribution < -0.4 is 0 Å². The van der Waals surface area contributed by atoms with Gasteiger partial charge in [-0.05, 0) is 16.7 Å². The van der Waals surface area contributed by atoms with Crippen molar-refractivity contribution in [2.45, 2.75) is 0 Å². The van der Waals surface area contributed by atoms with Crippen LogP contribution in [0.2, 0.25) is 0 Å². The molecule has 0 radical (unpaired) electrons. The molecule has 0 spiro atoms. The molecule has 0 fully saturated rings. The zero-order chi connectivity index (χ0) is 20.9. The molecular weight excluding hydrogens is 372 g/mol. The molecule has 0 aliphatic heterocycles. The molecule has 30 heavy (non-hydrogen) atoms. The SMILES string of the molecule is C#CCOC(=O)C1=C(c2ccccc2)C(c2ccccc2)=C(c2ccccc2)C1=O. The highest BCUT2D eigenvalue weighted by atomic mass is 16.5. The van der Waals surface area contributed by atoms with Gasteiger partial charge in [0.25, 0.3) is 0 Å². The minimum atomic E-state index is -0.712. The third kappa shape index (κ3) is 3.47. The summed E-state index contributed by atoms with van der Waals surface area (Å²) in [5.41, 5.74) is 4.13. The molecule has 4 rings (SSSR count). The third-order valence-electron chi connectivity index (χ3n) is 4.88. The molecule has 3 aromatic rings. The monoisotopic (exact) mass is 390 g/mol. The van der Waals surface area contributed by atoms with Crippen LogP contribution >= 0.6 is 0 Å². The average Bonchev–Trinajstić information content (AvgIpc) is 3.12. The van der Waals surface area contributed by atoms with Gasteiger partial charge in [-0.2, -0.15) is 0 Å². The first-order valence-corrected chi connectivity index (χ1v) is 9.53. The minimum Gasteiger partial charge on any atom is -0.449 e. The predicted octanol–water partition coefficient (Wildman–Crippen LogP) is 4.81. The van der Waals surface area contributed by atoms with E-state index < -0.39 is 5.97 Å². The number of ether oxygens (including phenoxy) is 1. The van der Waals surface area contributed by atoms with Crippen LogP contribution in [0, 0.1) is 12.3 Å². The summed E-state index contributed by atoms with van der Waals surface area (Å²) >= 11 is 0. The van der Waals surface area contributed by atoms with Gasteiger partial charge in [0.2, 0.25) is 5.78 Å². The molecule has 0 saturated carbocycles. The summed E-state index contributed by atoms with van der Waals surface area (Å²) < 4.78 is 5.19. The molecule has 144 valence electrons. The van der Waals surface area contributed by atoms with Crippen LogP contribution in [0.15, 0.2) is 96.6 Å². The Kier molecular flexibility index (Phi) is 5.41. The molecule has 3 nitrogen and oxygen atoms in total. The van der Waals surface area contributed by atoms with Gasteiger partial charge in [0, 0.05) is 16.7 Å². The standard InChI is InChI=1S/C27H18O3/c1-2-18-30-27(29)25-23(20-14-8-4-9-15-20)22(19-12-6-3-7-13-19)24(26(25)28)21-16-10-5-11-17-21/h1,3-17H,18H2. The molecule has 0 bridgehead atoms. The second kappa shape index (κ2) is 8.46. The zero-order valence-corrected chi connectivity index (χ0v) is 16.2. The van der Waals surface area contributed by atoms with E-state index in [9.17, 15) is 9.59 Å². The van der Waals surface area contributed by atoms with Crippen LogP contribution in [-0.4, -0.2) is 18.4 Å². The molecular formula is C27H18O3. The summed E-state index contributed by atoms with van der Waals surface area (Å²) in [5, 5.41) is 0. The normalized spacial score (nSPS) is 13.4. The number of benzene rings is 3. The Morgan fingerprint density at radius 1 is 0.700 bits per heavy atom. The van der Waals surface area contributed by atoms with E-state index in [0.717, 1.165) is 16.7 Å². The molecule has 3 heteroatoms. The summed E-state index contributed by atoms with van der Waals surface area (Å²) in [5.74, 6) is 1.21. The predicted molar refractivity (Wildman–Crippen MR) is 118 cm³/mol. The second-order valence-corrected chi connectivity index (χ2v) is 6.71. The highest BCUT2D eigenvalue weighted by Crippen LogP contribution is 2.46. The molecule has 1 aliphatic carbocycles. The van der Waals surface area contributed by atoms with Crippen molar-refractivity contribution >= 4 is 28.5 Å². The van der Waals surface area contributed by atoms with E-state index in [1.54, 1.807) is 0 Å². The fourth-order valence-electron chi connectivity index (χ4n) is 3.64. The molecule has 0 N–H and O–H groups in total. The maximum atomic E-state index is 13.6. The van der Waals surface area contributed by atoms with Gasteiger partial charge in [-0.15, -0.1) is 6.42 Å². The van der Waals surface area contributed by atoms with Gasteiger partial charge in [0.15, 0.2) is 6.61 Å². The Morgan fingerprint density at radius 2 is 1.13 bits per heavy atom. The second-order valence-electron chi connectivity index (χ2n) is 6.71. The molecule has 0 atom stereocenters. The molecule has 0 amide bonds. The van der Waals surface area contributed by atoms with E-state index in [1.807, 2.05) is 91.0 Å². The van der Waals surface area contributed by atoms with Gasteiger partial charge in [0.1, 0.15) is 5.57 Å². The number of allylic oxidation sites excluding steroid dienone is 3. The van der Waals surface area contributed by atoms with Crippen molar-refractivity contribution in [3.05, 3.63) is 113 Å². The van der Waals surface area contributed by atoms with E-state index in [0.29, 0.717) is 16.7 Å². The summed E-state index contributed by atoms with van der Waals surface area (Å²) in [6.07, 6.45) is 5.25. The van der Waals surface area contributed by atoms with Crippen LogP contribution in [0.4, 0.5) is 0 Å². The van der Waals surface area contributed by atoms with Gasteiger partial charge < -0.3 is 4.74 Å². The number of esters is 1. The molecule has 0 saturated heterocycles. The first-order chi connectivity index (χ1) is 14.7. The lowest BCUT2D eigenvalue weighted by molar-refractivity contribution is -0.138. The van der Waals surface area contributed by atoms with Crippen molar-refractivity contribution in [1.82, 2.24) is 0 Å². The summed E-state index contributed by atoms with van der Waals surface area (Å²) in [4.78, 5) is 26.5. The molecule has 0 heterocycles. The van der Waals surface area contributed by atoms with Gasteiger partial charge in [-0.1, -0.05) is 96.9 Å². The lowest BCUT2D eigenvalue weighted by Crippen LogP contribution is -2.15. The van der Waals surface area contributed by atoms with Crippen molar-refractivity contribution < 1.29 is 14.3 Å². The molecule has 1 aliphatic rings. The van der Waals surface area contributed by atoms with Crippen molar-refractivity contribution in [3.63, 3.8) is 0 Å². The summed E-state index contributed by atoms with van der Waals surface area (Å²) in [6, 6.07) is 28.4. The van der Waals surface area contributed by atoms with Gasteiger partial charge >= 0.3 is 5.97 Å². The van der Waals surface area contributed by atoms with E-state index in [2.05, 4.69) is 5.92 Å². The lowest BCUT2D eigenvalue weighted by atomic mass is 9.90. The smallest absolute Gasteiger partial charge is 0.343 e. The van der Waals surface area contributed by atoms with Gasteiger partial charge in [0.05, 0.1) is 0 Å². The van der Waals surface area contributed by atoms with E-state index >= 15 is 0 Å². The Hall–Kier alpha value is -4.16. The van der Waals surface area contributed by atoms with E-state index in [4.69, 9.17) is 11.2 Å².